The van der Waals surface area contributed by atoms with E-state index in [4.69, 9.17) is 4.74 Å². The lowest BCUT2D eigenvalue weighted by Crippen LogP contribution is -1.97. The van der Waals surface area contributed by atoms with Gasteiger partial charge in [-0.25, -0.2) is 0 Å². The first kappa shape index (κ1) is 12.6. The van der Waals surface area contributed by atoms with Gasteiger partial charge in [0, 0.05) is 9.35 Å². The predicted octanol–water partition coefficient (Wildman–Crippen LogP) is 3.91. The van der Waals surface area contributed by atoms with Crippen LogP contribution in [0.2, 0.25) is 0 Å². The average Bonchev–Trinajstić information content (AvgIpc) is 2.68. The molecule has 0 aliphatic carbocycles. The minimum Gasteiger partial charge on any atom is -0.497 e. The van der Waals surface area contributed by atoms with Gasteiger partial charge >= 0.3 is 0 Å². The first-order chi connectivity index (χ1) is 8.11. The number of rotatable bonds is 3. The lowest BCUT2D eigenvalue weighted by molar-refractivity contribution is 0.223. The molecule has 2 rings (SSSR count). The summed E-state index contributed by atoms with van der Waals surface area (Å²) in [4.78, 5) is 2.12. The van der Waals surface area contributed by atoms with E-state index in [2.05, 4.69) is 15.9 Å². The van der Waals surface area contributed by atoms with E-state index in [0.717, 1.165) is 20.7 Å². The van der Waals surface area contributed by atoms with E-state index in [-0.39, 0.29) is 0 Å². The van der Waals surface area contributed by atoms with Crippen LogP contribution >= 0.6 is 27.3 Å². The third-order valence-corrected chi connectivity index (χ3v) is 4.54. The summed E-state index contributed by atoms with van der Waals surface area (Å²) in [5.74, 6) is 0.794. The molecule has 4 heteroatoms. The molecule has 1 heterocycles. The molecule has 90 valence electrons. The van der Waals surface area contributed by atoms with Crippen molar-refractivity contribution >= 4 is 27.3 Å². The van der Waals surface area contributed by atoms with E-state index in [0.29, 0.717) is 0 Å². The predicted molar refractivity (Wildman–Crippen MR) is 73.8 cm³/mol. The number of ether oxygens (including phenoxy) is 1. The van der Waals surface area contributed by atoms with Gasteiger partial charge in [0.2, 0.25) is 0 Å². The van der Waals surface area contributed by atoms with Crippen LogP contribution in [0.3, 0.4) is 0 Å². The molecule has 0 saturated carbocycles. The van der Waals surface area contributed by atoms with Crippen LogP contribution in [-0.2, 0) is 0 Å². The van der Waals surface area contributed by atoms with Gasteiger partial charge in [-0.2, -0.15) is 0 Å². The molecule has 0 aliphatic rings. The fraction of sp³-hybridized carbons (Fsp3) is 0.231. The minimum atomic E-state index is -0.589. The Morgan fingerprint density at radius 3 is 2.41 bits per heavy atom. The summed E-state index contributed by atoms with van der Waals surface area (Å²) in [6.07, 6.45) is -0.589. The first-order valence-corrected chi connectivity index (χ1v) is 6.80. The van der Waals surface area contributed by atoms with Crippen molar-refractivity contribution in [3.8, 4) is 5.75 Å². The van der Waals surface area contributed by atoms with Crippen molar-refractivity contribution in [2.75, 3.05) is 7.11 Å². The maximum Gasteiger partial charge on any atom is 0.118 e. The van der Waals surface area contributed by atoms with Gasteiger partial charge in [0.25, 0.3) is 0 Å². The number of hydrogen-bond acceptors (Lipinski definition) is 3. The summed E-state index contributed by atoms with van der Waals surface area (Å²) in [6.45, 7) is 2.03. The highest BCUT2D eigenvalue weighted by Gasteiger charge is 2.16. The summed E-state index contributed by atoms with van der Waals surface area (Å²) in [7, 11) is 1.63. The molecule has 0 aliphatic heterocycles. The van der Waals surface area contributed by atoms with Crippen molar-refractivity contribution in [3.05, 3.63) is 50.1 Å². The monoisotopic (exact) mass is 312 g/mol. The molecule has 0 radical (unpaired) electrons. The van der Waals surface area contributed by atoms with E-state index in [1.807, 2.05) is 37.3 Å². The normalized spacial score (nSPS) is 12.5. The zero-order valence-corrected chi connectivity index (χ0v) is 12.0. The SMILES string of the molecule is COc1ccc(C(O)c2sc(C)cc2Br)cc1. The van der Waals surface area contributed by atoms with E-state index in [1.54, 1.807) is 18.4 Å². The second kappa shape index (κ2) is 5.21. The van der Waals surface area contributed by atoms with Crippen LogP contribution in [-0.4, -0.2) is 12.2 Å². The Morgan fingerprint density at radius 2 is 1.94 bits per heavy atom. The molecule has 17 heavy (non-hydrogen) atoms. The molecule has 0 bridgehead atoms. The lowest BCUT2D eigenvalue weighted by atomic mass is 10.1. The van der Waals surface area contributed by atoms with E-state index in [1.165, 1.54) is 4.88 Å². The van der Waals surface area contributed by atoms with Crippen molar-refractivity contribution in [3.63, 3.8) is 0 Å². The van der Waals surface area contributed by atoms with Gasteiger partial charge in [0.1, 0.15) is 11.9 Å². The molecular formula is C13H13BrO2S. The number of hydrogen-bond donors (Lipinski definition) is 1. The molecule has 1 aromatic carbocycles. The largest absolute Gasteiger partial charge is 0.497 e. The standard InChI is InChI=1S/C13H13BrO2S/c1-8-7-11(14)13(17-8)12(15)9-3-5-10(16-2)6-4-9/h3-7,12,15H,1-2H3. The van der Waals surface area contributed by atoms with Crippen LogP contribution in [0, 0.1) is 6.92 Å². The lowest BCUT2D eigenvalue weighted by Gasteiger charge is -2.10. The molecule has 1 aromatic heterocycles. The van der Waals surface area contributed by atoms with Gasteiger partial charge in [-0.05, 0) is 46.6 Å². The summed E-state index contributed by atoms with van der Waals surface area (Å²) in [6, 6.07) is 9.49. The summed E-state index contributed by atoms with van der Waals surface area (Å²) in [5, 5.41) is 10.3. The maximum atomic E-state index is 10.3. The Hall–Kier alpha value is -0.840. The third kappa shape index (κ3) is 2.70. The third-order valence-electron chi connectivity index (χ3n) is 2.52. The number of aryl methyl sites for hydroxylation is 1. The smallest absolute Gasteiger partial charge is 0.118 e. The van der Waals surface area contributed by atoms with Gasteiger partial charge < -0.3 is 9.84 Å². The van der Waals surface area contributed by atoms with Crippen molar-refractivity contribution < 1.29 is 9.84 Å². The molecular weight excluding hydrogens is 300 g/mol. The summed E-state index contributed by atoms with van der Waals surface area (Å²) >= 11 is 5.07. The quantitative estimate of drug-likeness (QED) is 0.931. The fourth-order valence-electron chi connectivity index (χ4n) is 1.63. The van der Waals surface area contributed by atoms with Crippen molar-refractivity contribution in [1.82, 2.24) is 0 Å². The number of aliphatic hydroxyl groups excluding tert-OH is 1. The molecule has 0 saturated heterocycles. The Bertz CT molecular complexity index is 505. The molecule has 0 fully saturated rings. The van der Waals surface area contributed by atoms with Crippen LogP contribution in [0.4, 0.5) is 0 Å². The van der Waals surface area contributed by atoms with Gasteiger partial charge in [0.05, 0.1) is 12.0 Å². The highest BCUT2D eigenvalue weighted by molar-refractivity contribution is 9.10. The molecule has 2 aromatic rings. The number of thiophene rings is 1. The average molecular weight is 313 g/mol. The molecule has 1 N–H and O–H groups in total. The minimum absolute atomic E-state index is 0.589. The molecule has 1 atom stereocenters. The number of methoxy groups -OCH3 is 1. The number of aliphatic hydroxyl groups is 1. The van der Waals surface area contributed by atoms with Crippen molar-refractivity contribution in [1.29, 1.82) is 0 Å². The fourth-order valence-corrected chi connectivity index (χ4v) is 3.51. The van der Waals surface area contributed by atoms with Crippen LogP contribution in [0.15, 0.2) is 34.8 Å². The second-order valence-corrected chi connectivity index (χ2v) is 5.89. The topological polar surface area (TPSA) is 29.5 Å². The molecule has 1 unspecified atom stereocenters. The van der Waals surface area contributed by atoms with E-state index >= 15 is 0 Å². The highest BCUT2D eigenvalue weighted by Crippen LogP contribution is 2.35. The van der Waals surface area contributed by atoms with E-state index in [9.17, 15) is 5.11 Å². The molecule has 0 spiro atoms. The van der Waals surface area contributed by atoms with Crippen LogP contribution < -0.4 is 4.74 Å². The second-order valence-electron chi connectivity index (χ2n) is 3.74. The molecule has 2 nitrogen and oxygen atoms in total. The zero-order chi connectivity index (χ0) is 12.4. The van der Waals surface area contributed by atoms with Gasteiger partial charge in [-0.3, -0.25) is 0 Å². The van der Waals surface area contributed by atoms with Crippen LogP contribution in [0.1, 0.15) is 21.4 Å². The zero-order valence-electron chi connectivity index (χ0n) is 9.61. The van der Waals surface area contributed by atoms with Gasteiger partial charge in [0.15, 0.2) is 0 Å². The molecule has 0 amide bonds. The van der Waals surface area contributed by atoms with Crippen LogP contribution in [0.5, 0.6) is 5.75 Å². The van der Waals surface area contributed by atoms with Crippen LogP contribution in [0.25, 0.3) is 0 Å². The highest BCUT2D eigenvalue weighted by atomic mass is 79.9. The maximum absolute atomic E-state index is 10.3. The van der Waals surface area contributed by atoms with Gasteiger partial charge in [-0.15, -0.1) is 11.3 Å². The Labute approximate surface area is 113 Å². The van der Waals surface area contributed by atoms with Gasteiger partial charge in [-0.1, -0.05) is 12.1 Å². The summed E-state index contributed by atoms with van der Waals surface area (Å²) in [5.41, 5.74) is 0.869. The van der Waals surface area contributed by atoms with Crippen molar-refractivity contribution in [2.45, 2.75) is 13.0 Å². The number of halogens is 1. The number of benzene rings is 1. The van der Waals surface area contributed by atoms with Crippen molar-refractivity contribution in [2.24, 2.45) is 0 Å². The first-order valence-electron chi connectivity index (χ1n) is 5.19. The Kier molecular flexibility index (Phi) is 3.86. The Balaban J connectivity index is 2.30. The summed E-state index contributed by atoms with van der Waals surface area (Å²) < 4.78 is 6.06. The van der Waals surface area contributed by atoms with E-state index < -0.39 is 6.10 Å². The Morgan fingerprint density at radius 1 is 1.29 bits per heavy atom.